The molecule has 2 amide bonds. The van der Waals surface area contributed by atoms with Crippen LogP contribution in [-0.4, -0.2) is 197 Å². The van der Waals surface area contributed by atoms with Crippen LogP contribution in [0.2, 0.25) is 0 Å². The Morgan fingerprint density at radius 3 is 0.981 bits per heavy atom. The van der Waals surface area contributed by atoms with Gasteiger partial charge in [0.2, 0.25) is 0 Å². The Labute approximate surface area is 315 Å². The Morgan fingerprint density at radius 1 is 0.472 bits per heavy atom. The molecule has 1 N–H and O–H groups in total. The molecule has 1 fully saturated rings. The summed E-state index contributed by atoms with van der Waals surface area (Å²) in [6.45, 7) is 11.7. The molecule has 0 unspecified atom stereocenters. The third kappa shape index (κ3) is 30.2. The molecule has 1 aliphatic heterocycles. The topological polar surface area (TPSA) is 208 Å². The van der Waals surface area contributed by atoms with Gasteiger partial charge in [0.25, 0.3) is 0 Å². The molecule has 0 aromatic rings. The Kier molecular flexibility index (Phi) is 33.4. The van der Waals surface area contributed by atoms with Crippen LogP contribution in [0.4, 0.5) is 0 Å². The lowest BCUT2D eigenvalue weighted by Crippen LogP contribution is -2.50. The van der Waals surface area contributed by atoms with Gasteiger partial charge in [-0.15, -0.1) is 0 Å². The number of hydrogen-bond acceptors (Lipinski definition) is 19. The third-order valence-corrected chi connectivity index (χ3v) is 7.32. The highest BCUT2D eigenvalue weighted by Gasteiger charge is 2.55. The molecule has 0 atom stereocenters. The molecule has 0 spiro atoms. The van der Waals surface area contributed by atoms with Gasteiger partial charge in [0, 0.05) is 12.7 Å². The van der Waals surface area contributed by atoms with Crippen molar-refractivity contribution < 1.29 is 90.9 Å². The number of imide groups is 1. The van der Waals surface area contributed by atoms with Crippen molar-refractivity contribution in [1.82, 2.24) is 0 Å². The van der Waals surface area contributed by atoms with E-state index in [0.29, 0.717) is 144 Å². The third-order valence-electron chi connectivity index (χ3n) is 6.54. The van der Waals surface area contributed by atoms with E-state index in [0.717, 1.165) is 0 Å². The van der Waals surface area contributed by atoms with Crippen molar-refractivity contribution in [2.75, 3.05) is 164 Å². The number of amides is 2. The average Bonchev–Trinajstić information content (AvgIpc) is 3.38. The summed E-state index contributed by atoms with van der Waals surface area (Å²) < 4.78 is 64.9. The van der Waals surface area contributed by atoms with E-state index < -0.39 is 22.6 Å². The van der Waals surface area contributed by atoms with Gasteiger partial charge in [0.05, 0.1) is 178 Å². The maximum Gasteiger partial charge on any atom is 0.397 e. The fourth-order valence-electron chi connectivity index (χ4n) is 3.87. The minimum absolute atomic E-state index is 0.0127. The van der Waals surface area contributed by atoms with E-state index in [9.17, 15) is 24.4 Å². The predicted octanol–water partition coefficient (Wildman–Crippen LogP) is 0.367. The minimum Gasteiger partial charge on any atom is -0.378 e. The molecule has 1 heterocycles. The quantitative estimate of drug-likeness (QED) is 0.0385. The lowest BCUT2D eigenvalue weighted by atomic mass is 10.4. The van der Waals surface area contributed by atoms with E-state index in [1.165, 1.54) is 11.8 Å². The summed E-state index contributed by atoms with van der Waals surface area (Å²) >= 11 is 1.25. The zero-order valence-corrected chi connectivity index (χ0v) is 31.9. The second kappa shape index (κ2) is 35.9. The maximum absolute atomic E-state index is 11.7. The summed E-state index contributed by atoms with van der Waals surface area (Å²) in [6, 6.07) is 0. The van der Waals surface area contributed by atoms with Gasteiger partial charge in [-0.1, -0.05) is 11.8 Å². The smallest absolute Gasteiger partial charge is 0.378 e. The number of ether oxygens (including phenoxy) is 12. The first-order chi connectivity index (χ1) is 25.9. The van der Waals surface area contributed by atoms with E-state index in [1.807, 2.05) is 0 Å². The van der Waals surface area contributed by atoms with Crippen LogP contribution in [0.3, 0.4) is 0 Å². The van der Waals surface area contributed by atoms with Crippen molar-refractivity contribution in [3.63, 3.8) is 0 Å². The summed E-state index contributed by atoms with van der Waals surface area (Å²) in [7, 11) is 0. The second-order valence-corrected chi connectivity index (χ2v) is 12.0. The second-order valence-electron chi connectivity index (χ2n) is 10.8. The summed E-state index contributed by atoms with van der Waals surface area (Å²) in [5.74, 6) is -1.99. The van der Waals surface area contributed by atoms with Crippen molar-refractivity contribution in [3.8, 4) is 0 Å². The van der Waals surface area contributed by atoms with E-state index in [2.05, 4.69) is 4.84 Å². The van der Waals surface area contributed by atoms with Crippen LogP contribution in [0.5, 0.6) is 0 Å². The van der Waals surface area contributed by atoms with Crippen LogP contribution in [0.1, 0.15) is 26.2 Å². The molecule has 0 aromatic carbocycles. The molecule has 53 heavy (non-hydrogen) atoms. The van der Waals surface area contributed by atoms with E-state index in [-0.39, 0.29) is 44.2 Å². The van der Waals surface area contributed by atoms with Crippen LogP contribution < -0.4 is 0 Å². The van der Waals surface area contributed by atoms with Gasteiger partial charge >= 0.3 is 17.8 Å². The highest BCUT2D eigenvalue weighted by Crippen LogP contribution is 2.21. The number of carbonyl (C=O) groups excluding carboxylic acids is 4. The van der Waals surface area contributed by atoms with Crippen molar-refractivity contribution >= 4 is 34.7 Å². The number of nitrogens with zero attached hydrogens (tertiary/aromatic N) is 1. The molecule has 0 bridgehead atoms. The van der Waals surface area contributed by atoms with Crippen LogP contribution in [-0.2, 0) is 80.9 Å². The molecule has 20 heteroatoms. The molecular weight excluding hydrogens is 730 g/mol. The molecule has 19 nitrogen and oxygen atoms in total. The predicted molar refractivity (Wildman–Crippen MR) is 185 cm³/mol. The van der Waals surface area contributed by atoms with Gasteiger partial charge in [-0.3, -0.25) is 4.79 Å². The van der Waals surface area contributed by atoms with E-state index in [4.69, 9.17) is 56.8 Å². The molecule has 1 aliphatic rings. The van der Waals surface area contributed by atoms with Crippen LogP contribution in [0, 0.1) is 0 Å². The van der Waals surface area contributed by atoms with Crippen LogP contribution >= 0.6 is 11.8 Å². The highest BCUT2D eigenvalue weighted by molar-refractivity contribution is 8.13. The molecule has 0 radical (unpaired) electrons. The number of thioether (sulfide) groups is 1. The fraction of sp³-hybridized carbons (Fsp3) is 0.879. The number of carbonyl (C=O) groups is 4. The maximum atomic E-state index is 11.7. The Bertz CT molecular complexity index is 917. The number of quaternary nitrogens is 1. The average molecular weight is 791 g/mol. The van der Waals surface area contributed by atoms with Gasteiger partial charge in [-0.25, -0.2) is 19.2 Å². The van der Waals surface area contributed by atoms with Gasteiger partial charge in [0.15, 0.2) is 5.12 Å². The monoisotopic (exact) mass is 790 g/mol. The van der Waals surface area contributed by atoms with Crippen LogP contribution in [0.25, 0.3) is 0 Å². The van der Waals surface area contributed by atoms with Crippen molar-refractivity contribution in [2.45, 2.75) is 26.2 Å². The lowest BCUT2D eigenvalue weighted by Gasteiger charge is -2.15. The standard InChI is InChI=1S/C33H60NO18S/c1-30(35)53-29-28-51-27-26-50-25-24-49-23-22-48-21-20-47-19-18-46-17-16-45-15-14-44-13-12-43-11-10-42-9-8-41-7-6-40-5-4-33(38)52-34(39)31(36)2-3-32(34)37/h39H,2-29H2,1H3/q+1. The lowest BCUT2D eigenvalue weighted by molar-refractivity contribution is -1.12. The van der Waals surface area contributed by atoms with Crippen molar-refractivity contribution in [2.24, 2.45) is 0 Å². The van der Waals surface area contributed by atoms with Crippen molar-refractivity contribution in [1.29, 1.82) is 0 Å². The van der Waals surface area contributed by atoms with Gasteiger partial charge < -0.3 is 56.8 Å². The summed E-state index contributed by atoms with van der Waals surface area (Å²) in [5, 5.41) is 9.92. The zero-order valence-electron chi connectivity index (χ0n) is 31.0. The normalized spacial score (nSPS) is 14.0. The minimum atomic E-state index is -1.92. The van der Waals surface area contributed by atoms with Gasteiger partial charge in [-0.05, 0) is 0 Å². The zero-order chi connectivity index (χ0) is 38.5. The largest absolute Gasteiger partial charge is 0.397 e. The molecule has 1 saturated heterocycles. The Balaban J connectivity index is 1.65. The number of hydrogen-bond donors (Lipinski definition) is 1. The number of hydroxylamine groups is 4. The van der Waals surface area contributed by atoms with Crippen molar-refractivity contribution in [3.05, 3.63) is 0 Å². The highest BCUT2D eigenvalue weighted by atomic mass is 32.2. The first kappa shape index (κ1) is 49.3. The summed E-state index contributed by atoms with van der Waals surface area (Å²) in [4.78, 5) is 48.2. The SMILES string of the molecule is CC(=O)SCCOCCOCCOCCOCCOCCOCCOCCOCCOCCOCCOCCOCCC(=O)O[N+]1(O)C(=O)CCC1=O. The fourth-order valence-corrected chi connectivity index (χ4v) is 4.36. The molecule has 1 rings (SSSR count). The molecule has 0 aliphatic carbocycles. The summed E-state index contributed by atoms with van der Waals surface area (Å²) in [6.07, 6.45) is -0.564. The van der Waals surface area contributed by atoms with Gasteiger partial charge in [0.1, 0.15) is 4.81 Å². The molecule has 0 aromatic heterocycles. The van der Waals surface area contributed by atoms with E-state index >= 15 is 0 Å². The number of rotatable bonds is 40. The van der Waals surface area contributed by atoms with Crippen LogP contribution in [0.15, 0.2) is 0 Å². The summed E-state index contributed by atoms with van der Waals surface area (Å²) in [5.41, 5.74) is 0. The van der Waals surface area contributed by atoms with Gasteiger partial charge in [-0.2, -0.15) is 5.21 Å². The Hall–Kier alpha value is -1.73. The molecule has 0 saturated carbocycles. The molecular formula is C33H60NO18S+. The first-order valence-electron chi connectivity index (χ1n) is 17.8. The Morgan fingerprint density at radius 2 is 0.717 bits per heavy atom. The van der Waals surface area contributed by atoms with E-state index in [1.54, 1.807) is 6.92 Å². The first-order valence-corrected chi connectivity index (χ1v) is 18.8. The molecule has 310 valence electrons.